The number of hydrogen-bond acceptors (Lipinski definition) is 4. The van der Waals surface area contributed by atoms with Gasteiger partial charge in [0.1, 0.15) is 0 Å². The van der Waals surface area contributed by atoms with Crippen molar-refractivity contribution in [1.29, 1.82) is 0 Å². The zero-order valence-electron chi connectivity index (χ0n) is 12.9. The Labute approximate surface area is 128 Å². The molecule has 0 saturated carbocycles. The maximum Gasteiger partial charge on any atom is 0.332 e. The van der Waals surface area contributed by atoms with Crippen LogP contribution in [0.25, 0.3) is 0 Å². The molecule has 0 bridgehead atoms. The fraction of sp³-hybridized carbons (Fsp3) is 0.538. The second-order valence-corrected chi connectivity index (χ2v) is 9.79. The highest BCUT2D eigenvalue weighted by Gasteiger charge is 2.26. The average molecular weight is 335 g/mol. The molecule has 1 aromatic carbocycles. The zero-order chi connectivity index (χ0) is 16.2. The monoisotopic (exact) mass is 335 g/mol. The van der Waals surface area contributed by atoms with E-state index in [1.165, 1.54) is 6.07 Å². The van der Waals surface area contributed by atoms with Crippen LogP contribution in [0.3, 0.4) is 0 Å². The van der Waals surface area contributed by atoms with E-state index in [2.05, 4.69) is 0 Å². The quantitative estimate of drug-likeness (QED) is 0.360. The maximum absolute atomic E-state index is 11.2. The summed E-state index contributed by atoms with van der Waals surface area (Å²) in [5.41, 5.74) is 1.23. The predicted octanol–water partition coefficient (Wildman–Crippen LogP) is 3.52. The Morgan fingerprint density at radius 3 is 2.52 bits per heavy atom. The van der Waals surface area contributed by atoms with E-state index in [9.17, 15) is 15.0 Å². The summed E-state index contributed by atoms with van der Waals surface area (Å²) in [5, 5.41) is 11.3. The Hall–Kier alpha value is -0.880. The summed E-state index contributed by atoms with van der Waals surface area (Å²) < 4.78 is 11.0. The van der Waals surface area contributed by atoms with Gasteiger partial charge in [0.2, 0.25) is 5.75 Å². The molecule has 0 amide bonds. The third kappa shape index (κ3) is 5.11. The van der Waals surface area contributed by atoms with Gasteiger partial charge in [-0.3, -0.25) is 10.1 Å². The predicted molar refractivity (Wildman–Crippen MR) is 87.9 cm³/mol. The number of nitro benzene ring substituents is 1. The van der Waals surface area contributed by atoms with Gasteiger partial charge in [0, 0.05) is 6.07 Å². The van der Waals surface area contributed by atoms with Gasteiger partial charge in [-0.25, -0.2) is 0 Å². The van der Waals surface area contributed by atoms with Gasteiger partial charge in [-0.2, -0.15) is 0 Å². The summed E-state index contributed by atoms with van der Waals surface area (Å²) in [5.74, 6) is 0.0861. The molecule has 0 aliphatic rings. The molecule has 0 fully saturated rings. The van der Waals surface area contributed by atoms with Crippen LogP contribution in [0.4, 0.5) is 5.69 Å². The van der Waals surface area contributed by atoms with Crippen molar-refractivity contribution >= 4 is 23.3 Å². The van der Waals surface area contributed by atoms with E-state index >= 15 is 0 Å². The number of nitrogens with zero attached hydrogens (tertiary/aromatic N) is 1. The Balaban J connectivity index is 3.37. The summed E-state index contributed by atoms with van der Waals surface area (Å²) >= 11 is 0. The molecule has 1 aromatic rings. The summed E-state index contributed by atoms with van der Waals surface area (Å²) in [6, 6.07) is 3.22. The third-order valence-corrected chi connectivity index (χ3v) is 7.10. The van der Waals surface area contributed by atoms with Crippen LogP contribution in [0.5, 0.6) is 5.75 Å². The van der Waals surface area contributed by atoms with Crippen molar-refractivity contribution in [2.75, 3.05) is 6.61 Å². The molecule has 0 heterocycles. The molecule has 0 aliphatic carbocycles. The molecule has 1 rings (SSSR count). The van der Waals surface area contributed by atoms with Gasteiger partial charge in [-0.1, -0.05) is 19.9 Å². The number of benzene rings is 1. The van der Waals surface area contributed by atoms with Crippen molar-refractivity contribution in [2.45, 2.75) is 39.9 Å². The van der Waals surface area contributed by atoms with Gasteiger partial charge in [0.25, 0.3) is 0 Å². The van der Waals surface area contributed by atoms with Gasteiger partial charge in [0.05, 0.1) is 11.5 Å². The first-order chi connectivity index (χ1) is 9.68. The van der Waals surface area contributed by atoms with Crippen molar-refractivity contribution in [3.63, 3.8) is 0 Å². The van der Waals surface area contributed by atoms with E-state index in [4.69, 9.17) is 9.05 Å². The van der Waals surface area contributed by atoms with Crippen LogP contribution in [0.2, 0.25) is 0 Å². The zero-order valence-corrected chi connectivity index (χ0v) is 14.6. The largest absolute Gasteiger partial charge is 0.420 e. The lowest BCUT2D eigenvalue weighted by Gasteiger charge is -2.22. The average Bonchev–Trinajstić information content (AvgIpc) is 2.31. The standard InChI is InChI=1S/C13H22NO5PS/c1-6-18-20(17,21-9(2)3)19-13-11(5)7-10(4)8-12(13)14(15)16/h7-9,17,21H,6H2,1-5H3. The van der Waals surface area contributed by atoms with E-state index in [1.807, 2.05) is 13.8 Å². The Morgan fingerprint density at radius 1 is 1.43 bits per heavy atom. The minimum absolute atomic E-state index is 0.0861. The van der Waals surface area contributed by atoms with Gasteiger partial charge >= 0.3 is 12.4 Å². The number of hydrogen-bond donors (Lipinski definition) is 2. The first-order valence-corrected chi connectivity index (χ1v) is 9.87. The fourth-order valence-electron chi connectivity index (χ4n) is 1.85. The van der Waals surface area contributed by atoms with Crippen molar-refractivity contribution in [3.8, 4) is 5.75 Å². The molecule has 6 nitrogen and oxygen atoms in total. The molecule has 21 heavy (non-hydrogen) atoms. The second-order valence-electron chi connectivity index (χ2n) is 4.90. The number of nitro groups is 1. The SMILES string of the molecule is CCOP(O)(Oc1c(C)cc(C)cc1[N+](=O)[O-])=[SH]C(C)C. The molecular formula is C13H22NO5PS. The number of thiol groups is 1. The topological polar surface area (TPSA) is 81.8 Å². The van der Waals surface area contributed by atoms with Crippen LogP contribution in [0.1, 0.15) is 31.9 Å². The Morgan fingerprint density at radius 2 is 2.05 bits per heavy atom. The lowest BCUT2D eigenvalue weighted by Crippen LogP contribution is -2.05. The van der Waals surface area contributed by atoms with Crippen molar-refractivity contribution in [1.82, 2.24) is 0 Å². The van der Waals surface area contributed by atoms with E-state index < -0.39 is 11.6 Å². The van der Waals surface area contributed by atoms with Crippen LogP contribution in [0, 0.1) is 24.0 Å². The Kier molecular flexibility index (Phi) is 6.41. The lowest BCUT2D eigenvalue weighted by molar-refractivity contribution is -0.385. The van der Waals surface area contributed by atoms with Crippen molar-refractivity contribution in [3.05, 3.63) is 33.4 Å². The summed E-state index contributed by atoms with van der Waals surface area (Å²) in [6.45, 7) is 6.18. The summed E-state index contributed by atoms with van der Waals surface area (Å²) in [7, 11) is 0.601. The van der Waals surface area contributed by atoms with Crippen molar-refractivity contribution in [2.24, 2.45) is 0 Å². The first-order valence-electron chi connectivity index (χ1n) is 6.62. The van der Waals surface area contributed by atoms with Crippen LogP contribution < -0.4 is 4.52 Å². The maximum atomic E-state index is 11.2. The highest BCUT2D eigenvalue weighted by atomic mass is 32.5. The van der Waals surface area contributed by atoms with Gasteiger partial charge in [0.15, 0.2) is 0 Å². The number of rotatable bonds is 6. The van der Waals surface area contributed by atoms with E-state index in [0.717, 1.165) is 5.56 Å². The smallest absolute Gasteiger partial charge is 0.332 e. The molecule has 0 saturated heterocycles. The van der Waals surface area contributed by atoms with E-state index in [-0.39, 0.29) is 23.3 Å². The molecule has 0 aliphatic heterocycles. The highest BCUT2D eigenvalue weighted by molar-refractivity contribution is 8.17. The van der Waals surface area contributed by atoms with E-state index in [1.54, 1.807) is 26.8 Å². The second kappa shape index (κ2) is 7.40. The molecule has 120 valence electrons. The normalized spacial score (nSPS) is 14.0. The number of aryl methyl sites for hydroxylation is 2. The van der Waals surface area contributed by atoms with Gasteiger partial charge in [-0.05, 0) is 37.1 Å². The first kappa shape index (κ1) is 18.2. The lowest BCUT2D eigenvalue weighted by atomic mass is 10.1. The van der Waals surface area contributed by atoms with Crippen LogP contribution in [0.15, 0.2) is 12.1 Å². The minimum Gasteiger partial charge on any atom is -0.420 e. The van der Waals surface area contributed by atoms with Crippen LogP contribution in [-0.4, -0.2) is 21.7 Å². The molecular weight excluding hydrogens is 313 g/mol. The molecule has 8 heteroatoms. The molecule has 1 N–H and O–H groups in total. The third-order valence-electron chi connectivity index (χ3n) is 2.48. The van der Waals surface area contributed by atoms with Gasteiger partial charge < -0.3 is 13.9 Å². The van der Waals surface area contributed by atoms with Crippen LogP contribution in [-0.2, 0) is 15.5 Å². The highest BCUT2D eigenvalue weighted by Crippen LogP contribution is 2.50. The van der Waals surface area contributed by atoms with Gasteiger partial charge in [-0.15, -0.1) is 10.9 Å². The molecule has 0 radical (unpaired) electrons. The minimum atomic E-state index is -3.19. The fourth-order valence-corrected chi connectivity index (χ4v) is 6.09. The van der Waals surface area contributed by atoms with Crippen LogP contribution >= 0.6 is 6.72 Å². The molecule has 0 aromatic heterocycles. The summed E-state index contributed by atoms with van der Waals surface area (Å²) in [4.78, 5) is 21.3. The van der Waals surface area contributed by atoms with E-state index in [0.29, 0.717) is 16.5 Å². The van der Waals surface area contributed by atoms with Crippen molar-refractivity contribution < 1.29 is 18.9 Å². The molecule has 1 atom stereocenters. The molecule has 0 spiro atoms. The Bertz CT molecular complexity index is 588. The molecule has 1 unspecified atom stereocenters. The summed E-state index contributed by atoms with van der Waals surface area (Å²) in [6.07, 6.45) is 0.